The second kappa shape index (κ2) is 6.24. The summed E-state index contributed by atoms with van der Waals surface area (Å²) >= 11 is 0. The van der Waals surface area contributed by atoms with E-state index in [9.17, 15) is 4.79 Å². The molecule has 3 aliphatic rings. The van der Waals surface area contributed by atoms with Crippen LogP contribution < -0.4 is 19.7 Å². The molecule has 0 atom stereocenters. The number of hydrogen-bond donors (Lipinski definition) is 1. The van der Waals surface area contributed by atoms with Crippen molar-refractivity contribution < 1.29 is 14.3 Å². The summed E-state index contributed by atoms with van der Waals surface area (Å²) in [6, 6.07) is 10.2. The fourth-order valence-corrected chi connectivity index (χ4v) is 4.28. The van der Waals surface area contributed by atoms with Crippen molar-refractivity contribution in [2.24, 2.45) is 0 Å². The first-order valence-electron chi connectivity index (χ1n) is 9.38. The molecule has 0 spiro atoms. The molecule has 2 aromatic rings. The van der Waals surface area contributed by atoms with E-state index in [1.54, 1.807) is 0 Å². The Bertz CT molecular complexity index is 846. The third-order valence-electron chi connectivity index (χ3n) is 5.53. The van der Waals surface area contributed by atoms with Crippen molar-refractivity contribution in [2.75, 3.05) is 24.7 Å². The normalized spacial score (nSPS) is 17.0. The number of anilines is 1. The SMILES string of the molecule is O=C(NCc1c2c(cc3c1OCC3)OCC2)N1CCCc2ccccc21. The maximum Gasteiger partial charge on any atom is 0.322 e. The molecule has 5 rings (SSSR count). The van der Waals surface area contributed by atoms with Gasteiger partial charge in [0.05, 0.1) is 13.2 Å². The van der Waals surface area contributed by atoms with Gasteiger partial charge in [-0.2, -0.15) is 0 Å². The van der Waals surface area contributed by atoms with Crippen LogP contribution in [0.2, 0.25) is 0 Å². The Morgan fingerprint density at radius 1 is 1.08 bits per heavy atom. The second-order valence-corrected chi connectivity index (χ2v) is 7.06. The van der Waals surface area contributed by atoms with Gasteiger partial charge in [0.25, 0.3) is 0 Å². The highest BCUT2D eigenvalue weighted by atomic mass is 16.5. The summed E-state index contributed by atoms with van der Waals surface area (Å²) in [5.74, 6) is 1.91. The summed E-state index contributed by atoms with van der Waals surface area (Å²) in [6.45, 7) is 2.65. The van der Waals surface area contributed by atoms with Gasteiger partial charge in [0, 0.05) is 48.3 Å². The number of aryl methyl sites for hydroxylation is 1. The molecule has 2 amide bonds. The number of nitrogens with one attached hydrogen (secondary N) is 1. The molecule has 0 radical (unpaired) electrons. The first-order valence-corrected chi connectivity index (χ1v) is 9.38. The number of ether oxygens (including phenoxy) is 2. The van der Waals surface area contributed by atoms with Crippen LogP contribution in [-0.4, -0.2) is 25.8 Å². The average Bonchev–Trinajstić information content (AvgIpc) is 3.33. The van der Waals surface area contributed by atoms with E-state index in [-0.39, 0.29) is 6.03 Å². The predicted octanol–water partition coefficient (Wildman–Crippen LogP) is 3.22. The zero-order valence-corrected chi connectivity index (χ0v) is 14.7. The van der Waals surface area contributed by atoms with Crippen molar-refractivity contribution in [3.05, 3.63) is 52.6 Å². The Balaban J connectivity index is 1.39. The van der Waals surface area contributed by atoms with Gasteiger partial charge in [-0.1, -0.05) is 18.2 Å². The van der Waals surface area contributed by atoms with Crippen LogP contribution in [0.1, 0.15) is 28.7 Å². The first kappa shape index (κ1) is 15.6. The number of amides is 2. The summed E-state index contributed by atoms with van der Waals surface area (Å²) in [7, 11) is 0. The van der Waals surface area contributed by atoms with E-state index in [4.69, 9.17) is 9.47 Å². The first-order chi connectivity index (χ1) is 12.8. The minimum absolute atomic E-state index is 0.0413. The van der Waals surface area contributed by atoms with Crippen LogP contribution in [0.25, 0.3) is 0 Å². The lowest BCUT2D eigenvalue weighted by Crippen LogP contribution is -2.42. The van der Waals surface area contributed by atoms with Gasteiger partial charge in [-0.05, 0) is 30.5 Å². The quantitative estimate of drug-likeness (QED) is 0.905. The Morgan fingerprint density at radius 2 is 1.96 bits per heavy atom. The monoisotopic (exact) mass is 350 g/mol. The zero-order valence-electron chi connectivity index (χ0n) is 14.7. The number of carbonyl (C=O) groups excluding carboxylic acids is 1. The molecule has 0 bridgehead atoms. The Hall–Kier alpha value is -2.69. The van der Waals surface area contributed by atoms with Crippen LogP contribution in [-0.2, 0) is 25.8 Å². The van der Waals surface area contributed by atoms with Gasteiger partial charge in [-0.15, -0.1) is 0 Å². The molecule has 0 aromatic heterocycles. The molecule has 3 aliphatic heterocycles. The van der Waals surface area contributed by atoms with Crippen LogP contribution in [0.5, 0.6) is 11.5 Å². The van der Waals surface area contributed by atoms with Gasteiger partial charge < -0.3 is 14.8 Å². The van der Waals surface area contributed by atoms with Gasteiger partial charge in [-0.3, -0.25) is 4.90 Å². The van der Waals surface area contributed by atoms with Crippen LogP contribution in [0.4, 0.5) is 10.5 Å². The predicted molar refractivity (Wildman–Crippen MR) is 99.2 cm³/mol. The van der Waals surface area contributed by atoms with E-state index < -0.39 is 0 Å². The van der Waals surface area contributed by atoms with E-state index in [1.807, 2.05) is 23.1 Å². The van der Waals surface area contributed by atoms with Crippen molar-refractivity contribution in [1.29, 1.82) is 0 Å². The van der Waals surface area contributed by atoms with Crippen molar-refractivity contribution in [2.45, 2.75) is 32.2 Å². The van der Waals surface area contributed by atoms with E-state index in [0.29, 0.717) is 19.8 Å². The van der Waals surface area contributed by atoms with Gasteiger partial charge >= 0.3 is 6.03 Å². The minimum atomic E-state index is -0.0413. The lowest BCUT2D eigenvalue weighted by Gasteiger charge is -2.29. The van der Waals surface area contributed by atoms with Crippen molar-refractivity contribution in [3.63, 3.8) is 0 Å². The average molecular weight is 350 g/mol. The lowest BCUT2D eigenvalue weighted by molar-refractivity contribution is 0.245. The maximum absolute atomic E-state index is 12.9. The highest BCUT2D eigenvalue weighted by molar-refractivity contribution is 5.93. The Kier molecular flexibility index (Phi) is 3.73. The van der Waals surface area contributed by atoms with Crippen LogP contribution in [0.3, 0.4) is 0 Å². The highest BCUT2D eigenvalue weighted by Crippen LogP contribution is 2.40. The topological polar surface area (TPSA) is 50.8 Å². The van der Waals surface area contributed by atoms with E-state index in [1.165, 1.54) is 16.7 Å². The Morgan fingerprint density at radius 3 is 2.92 bits per heavy atom. The molecule has 2 aromatic carbocycles. The highest BCUT2D eigenvalue weighted by Gasteiger charge is 2.28. The number of urea groups is 1. The molecule has 26 heavy (non-hydrogen) atoms. The standard InChI is InChI=1S/C21H22N2O3/c24-21(23-9-3-5-14-4-1-2-6-18(14)23)22-13-17-16-8-11-25-19(16)12-15-7-10-26-20(15)17/h1-2,4,6,12H,3,5,7-11,13H2,(H,22,24). The molecule has 3 heterocycles. The van der Waals surface area contributed by atoms with Crippen LogP contribution >= 0.6 is 0 Å². The van der Waals surface area contributed by atoms with E-state index >= 15 is 0 Å². The molecule has 1 N–H and O–H groups in total. The molecule has 5 nitrogen and oxygen atoms in total. The van der Waals surface area contributed by atoms with E-state index in [0.717, 1.165) is 55.0 Å². The molecule has 134 valence electrons. The molecular weight excluding hydrogens is 328 g/mol. The van der Waals surface area contributed by atoms with Crippen LogP contribution in [0.15, 0.2) is 30.3 Å². The number of hydrogen-bond acceptors (Lipinski definition) is 3. The maximum atomic E-state index is 12.9. The van der Waals surface area contributed by atoms with E-state index in [2.05, 4.69) is 17.4 Å². The number of rotatable bonds is 2. The van der Waals surface area contributed by atoms with Gasteiger partial charge in [0.15, 0.2) is 0 Å². The fourth-order valence-electron chi connectivity index (χ4n) is 4.28. The second-order valence-electron chi connectivity index (χ2n) is 7.06. The third-order valence-corrected chi connectivity index (χ3v) is 5.53. The summed E-state index contributed by atoms with van der Waals surface area (Å²) in [6.07, 6.45) is 3.82. The smallest absolute Gasteiger partial charge is 0.322 e. The molecule has 0 saturated carbocycles. The number of carbonyl (C=O) groups is 1. The number of fused-ring (bicyclic) bond motifs is 3. The number of nitrogens with zero attached hydrogens (tertiary/aromatic N) is 1. The lowest BCUT2D eigenvalue weighted by atomic mass is 9.99. The minimum Gasteiger partial charge on any atom is -0.493 e. The zero-order chi connectivity index (χ0) is 17.5. The van der Waals surface area contributed by atoms with Gasteiger partial charge in [-0.25, -0.2) is 4.79 Å². The van der Waals surface area contributed by atoms with Crippen LogP contribution in [0, 0.1) is 0 Å². The van der Waals surface area contributed by atoms with Crippen molar-refractivity contribution in [3.8, 4) is 11.5 Å². The molecule has 0 unspecified atom stereocenters. The van der Waals surface area contributed by atoms with Gasteiger partial charge in [0.1, 0.15) is 11.5 Å². The number of para-hydroxylation sites is 1. The summed E-state index contributed by atoms with van der Waals surface area (Å²) < 4.78 is 11.6. The van der Waals surface area contributed by atoms with Crippen molar-refractivity contribution in [1.82, 2.24) is 5.32 Å². The molecule has 0 fully saturated rings. The van der Waals surface area contributed by atoms with Crippen molar-refractivity contribution >= 4 is 11.7 Å². The number of benzene rings is 2. The molecule has 0 saturated heterocycles. The summed E-state index contributed by atoms with van der Waals surface area (Å²) in [4.78, 5) is 14.7. The molecule has 0 aliphatic carbocycles. The summed E-state index contributed by atoms with van der Waals surface area (Å²) in [5, 5.41) is 3.12. The fraction of sp³-hybridized carbons (Fsp3) is 0.381. The largest absolute Gasteiger partial charge is 0.493 e. The third kappa shape index (κ3) is 2.50. The molecular formula is C21H22N2O3. The van der Waals surface area contributed by atoms with Gasteiger partial charge in [0.2, 0.25) is 0 Å². The molecule has 5 heteroatoms. The summed E-state index contributed by atoms with van der Waals surface area (Å²) in [5.41, 5.74) is 5.74. The Labute approximate surface area is 152 Å².